The SMILES string of the molecule is CC1OC(n2nnc3c(N)nn(C)c3c2=O)C(O)C1O.O=P(O)(O)O.O=P(O)(O)O.O=P(O)(O)O. The van der Waals surface area contributed by atoms with Gasteiger partial charge in [-0.25, -0.2) is 13.7 Å². The molecule has 22 nitrogen and oxygen atoms in total. The Morgan fingerprint density at radius 2 is 1.29 bits per heavy atom. The van der Waals surface area contributed by atoms with E-state index in [0.29, 0.717) is 0 Å². The second-order valence-electron chi connectivity index (χ2n) is 6.30. The number of aryl methyl sites for hydroxylation is 1. The standard InChI is InChI=1S/C10H14N6O4.3H3O4P/c1-3-6(17)7(18)10(20-3)16-9(19)5-4(12-14-16)8(11)13-15(5)2;3*1-5(2,3)4/h3,6-7,10,17-18H,1-2H3,(H2,11,13);3*(H3,1,2,3,4). The van der Waals surface area contributed by atoms with Gasteiger partial charge >= 0.3 is 23.5 Å². The van der Waals surface area contributed by atoms with Crippen molar-refractivity contribution in [3.05, 3.63) is 10.4 Å². The second kappa shape index (κ2) is 12.5. The topological polar surface area (TPSA) is 375 Å². The van der Waals surface area contributed by atoms with Crippen LogP contribution in [-0.2, 0) is 25.5 Å². The van der Waals surface area contributed by atoms with Crippen LogP contribution in [0, 0.1) is 0 Å². The fourth-order valence-electron chi connectivity index (χ4n) is 2.31. The summed E-state index contributed by atoms with van der Waals surface area (Å²) < 4.78 is 34.2. The molecule has 1 saturated heterocycles. The van der Waals surface area contributed by atoms with E-state index in [1.165, 1.54) is 4.68 Å². The fourth-order valence-corrected chi connectivity index (χ4v) is 2.31. The maximum atomic E-state index is 12.4. The van der Waals surface area contributed by atoms with E-state index in [0.717, 1.165) is 4.68 Å². The highest BCUT2D eigenvalue weighted by molar-refractivity contribution is 7.45. The zero-order valence-corrected chi connectivity index (χ0v) is 20.1. The zero-order chi connectivity index (χ0) is 28.1. The van der Waals surface area contributed by atoms with Crippen molar-refractivity contribution in [3.63, 3.8) is 0 Å². The predicted octanol–water partition coefficient (Wildman–Crippen LogP) is -5.04. The molecule has 0 aliphatic carbocycles. The molecule has 0 radical (unpaired) electrons. The molecule has 0 aromatic carbocycles. The third-order valence-corrected chi connectivity index (χ3v) is 3.42. The summed E-state index contributed by atoms with van der Waals surface area (Å²) in [6, 6.07) is 0. The van der Waals surface area contributed by atoms with Crippen molar-refractivity contribution in [1.82, 2.24) is 24.8 Å². The number of hydrogen-bond donors (Lipinski definition) is 12. The van der Waals surface area contributed by atoms with E-state index in [-0.39, 0.29) is 16.9 Å². The van der Waals surface area contributed by atoms with Gasteiger partial charge in [0.1, 0.15) is 12.2 Å². The summed E-state index contributed by atoms with van der Waals surface area (Å²) in [5, 5.41) is 31.0. The molecule has 25 heteroatoms. The van der Waals surface area contributed by atoms with E-state index in [2.05, 4.69) is 15.4 Å². The first-order valence-electron chi connectivity index (χ1n) is 8.36. The van der Waals surface area contributed by atoms with E-state index in [1.54, 1.807) is 14.0 Å². The van der Waals surface area contributed by atoms with Crippen molar-refractivity contribution in [3.8, 4) is 0 Å². The lowest BCUT2D eigenvalue weighted by Crippen LogP contribution is -2.36. The average Bonchev–Trinajstić information content (AvgIpc) is 3.02. The van der Waals surface area contributed by atoms with Gasteiger partial charge < -0.3 is 64.7 Å². The van der Waals surface area contributed by atoms with Crippen molar-refractivity contribution in [2.75, 3.05) is 5.73 Å². The number of aromatic nitrogens is 5. The van der Waals surface area contributed by atoms with Crippen LogP contribution in [0.1, 0.15) is 13.2 Å². The molecular formula is C10H23N6O16P3. The van der Waals surface area contributed by atoms with Crippen LogP contribution in [0.4, 0.5) is 5.82 Å². The number of aliphatic hydroxyl groups is 2. The van der Waals surface area contributed by atoms with Gasteiger partial charge in [0.2, 0.25) is 0 Å². The highest BCUT2D eigenvalue weighted by atomic mass is 31.2. The molecule has 2 aromatic heterocycles. The molecule has 0 bridgehead atoms. The Bertz CT molecular complexity index is 1110. The Labute approximate surface area is 193 Å². The maximum Gasteiger partial charge on any atom is 0.466 e. The molecule has 1 aliphatic heterocycles. The van der Waals surface area contributed by atoms with Gasteiger partial charge in [0.25, 0.3) is 5.56 Å². The molecule has 13 N–H and O–H groups in total. The van der Waals surface area contributed by atoms with Crippen molar-refractivity contribution >= 4 is 40.3 Å². The summed E-state index contributed by atoms with van der Waals surface area (Å²) in [5.41, 5.74) is 5.41. The van der Waals surface area contributed by atoms with Gasteiger partial charge in [-0.15, -0.1) is 5.10 Å². The van der Waals surface area contributed by atoms with E-state index < -0.39 is 53.6 Å². The normalized spacial score (nSPS) is 22.3. The number of rotatable bonds is 1. The molecule has 1 aliphatic rings. The molecule has 0 spiro atoms. The molecule has 4 unspecified atom stereocenters. The first-order chi connectivity index (χ1) is 15.4. The number of fused-ring (bicyclic) bond motifs is 1. The largest absolute Gasteiger partial charge is 0.466 e. The quantitative estimate of drug-likeness (QED) is 0.141. The second-order valence-corrected chi connectivity index (χ2v) is 9.38. The number of phosphoric acid groups is 3. The van der Waals surface area contributed by atoms with Crippen molar-refractivity contribution in [2.45, 2.75) is 31.5 Å². The number of nitrogens with two attached hydrogens (primary N) is 1. The Morgan fingerprint density at radius 3 is 1.63 bits per heavy atom. The smallest absolute Gasteiger partial charge is 0.388 e. The van der Waals surface area contributed by atoms with E-state index >= 15 is 0 Å². The lowest BCUT2D eigenvalue weighted by molar-refractivity contribution is -0.0439. The van der Waals surface area contributed by atoms with Crippen LogP contribution in [0.3, 0.4) is 0 Å². The average molecular weight is 576 g/mol. The molecule has 4 atom stereocenters. The lowest BCUT2D eigenvalue weighted by atomic mass is 10.1. The van der Waals surface area contributed by atoms with Crippen molar-refractivity contribution < 1.29 is 72.7 Å². The number of aliphatic hydroxyl groups excluding tert-OH is 2. The van der Waals surface area contributed by atoms with Gasteiger partial charge in [0, 0.05) is 7.05 Å². The molecule has 0 saturated carbocycles. The zero-order valence-electron chi connectivity index (χ0n) is 17.4. The molecule has 1 fully saturated rings. The summed E-state index contributed by atoms with van der Waals surface area (Å²) >= 11 is 0. The Morgan fingerprint density at radius 1 is 0.886 bits per heavy atom. The summed E-state index contributed by atoms with van der Waals surface area (Å²) in [6.45, 7) is 1.59. The summed E-state index contributed by atoms with van der Waals surface area (Å²) in [7, 11) is -12.4. The van der Waals surface area contributed by atoms with Crippen LogP contribution in [0.25, 0.3) is 11.0 Å². The number of nitrogen functional groups attached to an aromatic ring is 1. The van der Waals surface area contributed by atoms with E-state index in [1.807, 2.05) is 0 Å². The lowest BCUT2D eigenvalue weighted by Gasteiger charge is -2.15. The third-order valence-electron chi connectivity index (χ3n) is 3.42. The Kier molecular flexibility index (Phi) is 11.9. The number of anilines is 1. The fraction of sp³-hybridized carbons (Fsp3) is 0.600. The van der Waals surface area contributed by atoms with Crippen LogP contribution < -0.4 is 11.3 Å². The van der Waals surface area contributed by atoms with Gasteiger partial charge in [-0.2, -0.15) is 9.78 Å². The van der Waals surface area contributed by atoms with Crippen molar-refractivity contribution in [1.29, 1.82) is 0 Å². The molecule has 35 heavy (non-hydrogen) atoms. The van der Waals surface area contributed by atoms with Gasteiger partial charge in [0.05, 0.1) is 6.10 Å². The van der Waals surface area contributed by atoms with Gasteiger partial charge in [0.15, 0.2) is 23.1 Å². The minimum atomic E-state index is -4.64. The maximum absolute atomic E-state index is 12.4. The first-order valence-corrected chi connectivity index (χ1v) is 13.1. The van der Waals surface area contributed by atoms with Crippen LogP contribution in [-0.4, -0.2) is 97.3 Å². The summed E-state index contributed by atoms with van der Waals surface area (Å²) in [5.74, 6) is 0.0977. The van der Waals surface area contributed by atoms with Gasteiger partial charge in [-0.05, 0) is 6.92 Å². The highest BCUT2D eigenvalue weighted by Gasteiger charge is 2.42. The minimum Gasteiger partial charge on any atom is -0.388 e. The first kappa shape index (κ1) is 33.3. The van der Waals surface area contributed by atoms with Crippen LogP contribution in [0.15, 0.2) is 4.79 Å². The van der Waals surface area contributed by atoms with Crippen molar-refractivity contribution in [2.24, 2.45) is 7.05 Å². The molecule has 0 amide bonds. The van der Waals surface area contributed by atoms with E-state index in [4.69, 9.17) is 68.2 Å². The molecular weight excluding hydrogens is 553 g/mol. The Hall–Kier alpha value is -1.71. The minimum absolute atomic E-state index is 0.0977. The summed E-state index contributed by atoms with van der Waals surface area (Å²) in [6.07, 6.45) is -4.07. The Balaban J connectivity index is 0.000000635. The highest BCUT2D eigenvalue weighted by Crippen LogP contribution is 2.28. The van der Waals surface area contributed by atoms with Gasteiger partial charge in [-0.1, -0.05) is 5.21 Å². The molecule has 2 aromatic rings. The number of nitrogens with zero attached hydrogens (tertiary/aromatic N) is 5. The molecule has 3 heterocycles. The van der Waals surface area contributed by atoms with Crippen LogP contribution in [0.5, 0.6) is 0 Å². The third kappa shape index (κ3) is 13.2. The van der Waals surface area contributed by atoms with Crippen LogP contribution >= 0.6 is 23.5 Å². The predicted molar refractivity (Wildman–Crippen MR) is 109 cm³/mol. The number of hydrogen-bond acceptors (Lipinski definition) is 11. The monoisotopic (exact) mass is 576 g/mol. The van der Waals surface area contributed by atoms with Gasteiger partial charge in [-0.3, -0.25) is 9.48 Å². The number of ether oxygens (including phenoxy) is 1. The van der Waals surface area contributed by atoms with Crippen LogP contribution in [0.2, 0.25) is 0 Å². The summed E-state index contributed by atoms with van der Waals surface area (Å²) in [4.78, 5) is 77.1. The van der Waals surface area contributed by atoms with E-state index in [9.17, 15) is 15.0 Å². The molecule has 3 rings (SSSR count). The molecule has 204 valence electrons.